The van der Waals surface area contributed by atoms with Gasteiger partial charge in [-0.3, -0.25) is 9.59 Å². The Labute approximate surface area is 178 Å². The van der Waals surface area contributed by atoms with Gasteiger partial charge in [0.15, 0.2) is 0 Å². The fourth-order valence-electron chi connectivity index (χ4n) is 3.10. The lowest BCUT2D eigenvalue weighted by atomic mass is 10.1. The Hall–Kier alpha value is -3.70. The van der Waals surface area contributed by atoms with Crippen molar-refractivity contribution in [3.8, 4) is 0 Å². The second-order valence-electron chi connectivity index (χ2n) is 6.87. The van der Waals surface area contributed by atoms with Crippen molar-refractivity contribution in [2.75, 3.05) is 5.32 Å². The number of rotatable bonds is 5. The molecule has 30 heavy (non-hydrogen) atoms. The van der Waals surface area contributed by atoms with Gasteiger partial charge in [-0.1, -0.05) is 60.2 Å². The smallest absolute Gasteiger partial charge is 0.272 e. The first-order valence-electron chi connectivity index (χ1n) is 9.52. The molecular formula is C25H20N2O2S. The van der Waals surface area contributed by atoms with Crippen molar-refractivity contribution in [2.45, 2.75) is 6.92 Å². The average Bonchev–Trinajstić information content (AvgIpc) is 3.27. The first-order valence-corrected chi connectivity index (χ1v) is 10.4. The van der Waals surface area contributed by atoms with Gasteiger partial charge in [-0.15, -0.1) is 11.3 Å². The summed E-state index contributed by atoms with van der Waals surface area (Å²) in [5.74, 6) is -0.703. The van der Waals surface area contributed by atoms with Crippen LogP contribution in [0.25, 0.3) is 16.8 Å². The van der Waals surface area contributed by atoms with Crippen molar-refractivity contribution in [2.24, 2.45) is 0 Å². The monoisotopic (exact) mass is 412 g/mol. The molecule has 1 heterocycles. The van der Waals surface area contributed by atoms with E-state index in [-0.39, 0.29) is 17.5 Å². The molecule has 0 radical (unpaired) electrons. The molecule has 0 aliphatic carbocycles. The van der Waals surface area contributed by atoms with E-state index in [1.807, 2.05) is 79.0 Å². The molecule has 3 aromatic carbocycles. The van der Waals surface area contributed by atoms with Gasteiger partial charge in [0.25, 0.3) is 11.8 Å². The average molecular weight is 413 g/mol. The highest BCUT2D eigenvalue weighted by atomic mass is 32.1. The molecule has 1 aromatic heterocycles. The largest absolute Gasteiger partial charge is 0.320 e. The van der Waals surface area contributed by atoms with Gasteiger partial charge in [-0.05, 0) is 48.0 Å². The van der Waals surface area contributed by atoms with Crippen LogP contribution < -0.4 is 10.6 Å². The first kappa shape index (κ1) is 19.6. The van der Waals surface area contributed by atoms with E-state index in [9.17, 15) is 9.59 Å². The topological polar surface area (TPSA) is 58.2 Å². The molecule has 5 heteroatoms. The van der Waals surface area contributed by atoms with Crippen LogP contribution >= 0.6 is 11.3 Å². The number of fused-ring (bicyclic) bond motifs is 1. The van der Waals surface area contributed by atoms with Gasteiger partial charge < -0.3 is 10.6 Å². The second-order valence-corrected chi connectivity index (χ2v) is 7.85. The van der Waals surface area contributed by atoms with Crippen molar-refractivity contribution < 1.29 is 9.59 Å². The summed E-state index contributed by atoms with van der Waals surface area (Å²) in [7, 11) is 0. The van der Waals surface area contributed by atoms with E-state index in [0.29, 0.717) is 11.3 Å². The molecule has 4 rings (SSSR count). The Morgan fingerprint density at radius 1 is 0.867 bits per heavy atom. The predicted molar refractivity (Wildman–Crippen MR) is 124 cm³/mol. The van der Waals surface area contributed by atoms with Crippen LogP contribution in [-0.2, 0) is 4.79 Å². The van der Waals surface area contributed by atoms with Gasteiger partial charge >= 0.3 is 0 Å². The molecule has 2 N–H and O–H groups in total. The summed E-state index contributed by atoms with van der Waals surface area (Å²) < 4.78 is 0. The van der Waals surface area contributed by atoms with E-state index < -0.39 is 0 Å². The molecule has 2 amide bonds. The molecule has 0 aliphatic heterocycles. The predicted octanol–water partition coefficient (Wildman–Crippen LogP) is 5.62. The Morgan fingerprint density at radius 2 is 1.63 bits per heavy atom. The first-order chi connectivity index (χ1) is 14.6. The third kappa shape index (κ3) is 4.47. The lowest BCUT2D eigenvalue weighted by Crippen LogP contribution is -2.30. The maximum absolute atomic E-state index is 13.1. The van der Waals surface area contributed by atoms with Crippen LogP contribution in [-0.4, -0.2) is 11.8 Å². The fourth-order valence-corrected chi connectivity index (χ4v) is 3.75. The molecule has 0 bridgehead atoms. The molecule has 4 aromatic rings. The minimum Gasteiger partial charge on any atom is -0.320 e. The SMILES string of the molecule is Cc1ccc(C(=O)N/C(=C\c2cccs2)C(=O)Nc2cccc3ccccc23)cc1. The molecule has 4 nitrogen and oxygen atoms in total. The van der Waals surface area contributed by atoms with E-state index in [1.54, 1.807) is 18.2 Å². The zero-order chi connectivity index (χ0) is 20.9. The standard InChI is InChI=1S/C25H20N2O2S/c1-17-11-13-19(14-12-17)24(28)27-23(16-20-8-5-15-30-20)25(29)26-22-10-4-7-18-6-2-3-9-21(18)22/h2-16H,1H3,(H,26,29)(H,27,28)/b23-16-. The molecule has 0 saturated heterocycles. The van der Waals surface area contributed by atoms with Crippen LogP contribution in [0.4, 0.5) is 5.69 Å². The van der Waals surface area contributed by atoms with Crippen molar-refractivity contribution in [1.29, 1.82) is 0 Å². The number of aryl methyl sites for hydroxylation is 1. The molecule has 0 fully saturated rings. The van der Waals surface area contributed by atoms with E-state index in [0.717, 1.165) is 21.2 Å². The number of thiophene rings is 1. The van der Waals surface area contributed by atoms with E-state index >= 15 is 0 Å². The van der Waals surface area contributed by atoms with Gasteiger partial charge in [-0.25, -0.2) is 0 Å². The quantitative estimate of drug-likeness (QED) is 0.418. The number of carbonyl (C=O) groups excluding carboxylic acids is 2. The van der Waals surface area contributed by atoms with Gasteiger partial charge in [0.2, 0.25) is 0 Å². The highest BCUT2D eigenvalue weighted by molar-refractivity contribution is 7.10. The highest BCUT2D eigenvalue weighted by Crippen LogP contribution is 2.23. The molecule has 0 aliphatic rings. The van der Waals surface area contributed by atoms with Crippen molar-refractivity contribution >= 4 is 45.7 Å². The van der Waals surface area contributed by atoms with E-state index in [4.69, 9.17) is 0 Å². The molecule has 0 unspecified atom stereocenters. The van der Waals surface area contributed by atoms with Gasteiger partial charge in [0.05, 0.1) is 0 Å². The minimum absolute atomic E-state index is 0.191. The maximum atomic E-state index is 13.1. The number of hydrogen-bond acceptors (Lipinski definition) is 3. The number of carbonyl (C=O) groups is 2. The fraction of sp³-hybridized carbons (Fsp3) is 0.0400. The van der Waals surface area contributed by atoms with Gasteiger partial charge in [0.1, 0.15) is 5.70 Å². The van der Waals surface area contributed by atoms with Gasteiger partial charge in [-0.2, -0.15) is 0 Å². The maximum Gasteiger partial charge on any atom is 0.272 e. The van der Waals surface area contributed by atoms with E-state index in [1.165, 1.54) is 11.3 Å². The minimum atomic E-state index is -0.375. The molecule has 0 saturated carbocycles. The third-order valence-corrected chi connectivity index (χ3v) is 5.49. The Kier molecular flexibility index (Phi) is 5.72. The summed E-state index contributed by atoms with van der Waals surface area (Å²) in [6.45, 7) is 1.96. The van der Waals surface area contributed by atoms with Crippen LogP contribution in [0.5, 0.6) is 0 Å². The normalized spacial score (nSPS) is 11.3. The van der Waals surface area contributed by atoms with Crippen molar-refractivity contribution in [1.82, 2.24) is 5.32 Å². The Balaban J connectivity index is 1.63. The molecule has 0 atom stereocenters. The number of anilines is 1. The van der Waals surface area contributed by atoms with Crippen molar-refractivity contribution in [3.05, 3.63) is 106 Å². The van der Waals surface area contributed by atoms with Crippen LogP contribution in [0, 0.1) is 6.92 Å². The molecular weight excluding hydrogens is 392 g/mol. The van der Waals surface area contributed by atoms with Crippen LogP contribution in [0.3, 0.4) is 0 Å². The second kappa shape index (κ2) is 8.76. The summed E-state index contributed by atoms with van der Waals surface area (Å²) in [5, 5.41) is 9.62. The Morgan fingerprint density at radius 3 is 2.40 bits per heavy atom. The zero-order valence-corrected chi connectivity index (χ0v) is 17.2. The summed E-state index contributed by atoms with van der Waals surface area (Å²) >= 11 is 1.49. The van der Waals surface area contributed by atoms with Crippen molar-refractivity contribution in [3.63, 3.8) is 0 Å². The number of hydrogen-bond donors (Lipinski definition) is 2. The third-order valence-electron chi connectivity index (χ3n) is 4.67. The number of benzene rings is 3. The summed E-state index contributed by atoms with van der Waals surface area (Å²) in [5.41, 5.74) is 2.45. The number of amides is 2. The van der Waals surface area contributed by atoms with E-state index in [2.05, 4.69) is 10.6 Å². The summed E-state index contributed by atoms with van der Waals surface area (Å²) in [4.78, 5) is 26.7. The van der Waals surface area contributed by atoms with Crippen LogP contribution in [0.15, 0.2) is 89.9 Å². The van der Waals surface area contributed by atoms with Crippen LogP contribution in [0.1, 0.15) is 20.8 Å². The number of nitrogens with one attached hydrogen (secondary N) is 2. The summed E-state index contributed by atoms with van der Waals surface area (Å²) in [6.07, 6.45) is 1.69. The lowest BCUT2D eigenvalue weighted by molar-refractivity contribution is -0.113. The molecule has 148 valence electrons. The lowest BCUT2D eigenvalue weighted by Gasteiger charge is -2.13. The summed E-state index contributed by atoms with van der Waals surface area (Å²) in [6, 6.07) is 24.6. The van der Waals surface area contributed by atoms with Crippen LogP contribution in [0.2, 0.25) is 0 Å². The molecule has 0 spiro atoms. The Bertz CT molecular complexity index is 1220. The highest BCUT2D eigenvalue weighted by Gasteiger charge is 2.16. The zero-order valence-electron chi connectivity index (χ0n) is 16.4. The van der Waals surface area contributed by atoms with Gasteiger partial charge in [0, 0.05) is 21.5 Å².